The molecule has 2 aliphatic carbocycles. The lowest BCUT2D eigenvalue weighted by atomic mass is 9.96. The van der Waals surface area contributed by atoms with Crippen LogP contribution < -0.4 is 27.0 Å². The van der Waals surface area contributed by atoms with Gasteiger partial charge in [-0.1, -0.05) is 32.1 Å². The van der Waals surface area contributed by atoms with E-state index in [0.29, 0.717) is 75.0 Å². The fraction of sp³-hybridized carbons (Fsp3) is 0.630. The van der Waals surface area contributed by atoms with Crippen molar-refractivity contribution >= 4 is 29.4 Å². The predicted molar refractivity (Wildman–Crippen MR) is 149 cm³/mol. The molecule has 1 aromatic heterocycles. The van der Waals surface area contributed by atoms with Crippen LogP contribution in [0.3, 0.4) is 0 Å². The van der Waals surface area contributed by atoms with E-state index in [1.807, 2.05) is 12.1 Å². The number of nitrogens with zero attached hydrogens (tertiary/aromatic N) is 3. The molecule has 0 spiro atoms. The maximum absolute atomic E-state index is 12.5. The van der Waals surface area contributed by atoms with Gasteiger partial charge in [0.2, 0.25) is 17.8 Å². The van der Waals surface area contributed by atoms with E-state index in [1.165, 1.54) is 32.1 Å². The van der Waals surface area contributed by atoms with Crippen LogP contribution in [0.5, 0.6) is 0 Å². The Labute approximate surface area is 225 Å². The van der Waals surface area contributed by atoms with Crippen LogP contribution in [0, 0.1) is 0 Å². The fourth-order valence-corrected chi connectivity index (χ4v) is 4.82. The summed E-state index contributed by atoms with van der Waals surface area (Å²) in [5.74, 6) is 1.52. The number of anilines is 4. The van der Waals surface area contributed by atoms with Crippen molar-refractivity contribution in [2.75, 3.05) is 55.5 Å². The Morgan fingerprint density at radius 1 is 0.763 bits per heavy atom. The first-order valence-electron chi connectivity index (χ1n) is 14.0. The minimum Gasteiger partial charge on any atom is -0.378 e. The Balaban J connectivity index is 1.31. The summed E-state index contributed by atoms with van der Waals surface area (Å²) in [4.78, 5) is 26.4. The van der Waals surface area contributed by atoms with Crippen LogP contribution in [0.2, 0.25) is 0 Å². The molecule has 0 bridgehead atoms. The molecule has 4 rings (SSSR count). The normalized spacial score (nSPS) is 16.3. The van der Waals surface area contributed by atoms with E-state index in [0.717, 1.165) is 31.4 Å². The number of carbonyl (C=O) groups excluding carboxylic acids is 1. The molecular formula is C27H42N8O3. The number of amides is 1. The van der Waals surface area contributed by atoms with Gasteiger partial charge in [0.05, 0.1) is 26.4 Å². The lowest BCUT2D eigenvalue weighted by molar-refractivity contribution is 0.0511. The molecule has 11 nitrogen and oxygen atoms in total. The highest BCUT2D eigenvalue weighted by Gasteiger charge is 2.19. The molecule has 208 valence electrons. The van der Waals surface area contributed by atoms with Gasteiger partial charge in [0, 0.05) is 36.4 Å². The molecule has 0 aliphatic heterocycles. The summed E-state index contributed by atoms with van der Waals surface area (Å²) in [5.41, 5.74) is 6.73. The summed E-state index contributed by atoms with van der Waals surface area (Å²) in [6, 6.07) is 8.05. The van der Waals surface area contributed by atoms with Crippen molar-refractivity contribution in [3.8, 4) is 0 Å². The zero-order valence-corrected chi connectivity index (χ0v) is 22.2. The third-order valence-corrected chi connectivity index (χ3v) is 6.83. The number of nitrogens with one attached hydrogen (secondary N) is 4. The van der Waals surface area contributed by atoms with Crippen molar-refractivity contribution in [1.82, 2.24) is 20.3 Å². The SMILES string of the molecule is NCCOCCOCCNC(=O)c1ccc(Nc2nc(NC3CCCCC3)nc(NC3CCCC3)n2)cc1. The second-order valence-electron chi connectivity index (χ2n) is 9.88. The topological polar surface area (TPSA) is 148 Å². The van der Waals surface area contributed by atoms with E-state index in [1.54, 1.807) is 12.1 Å². The largest absolute Gasteiger partial charge is 0.378 e. The highest BCUT2D eigenvalue weighted by atomic mass is 16.5. The van der Waals surface area contributed by atoms with Gasteiger partial charge in [-0.3, -0.25) is 4.79 Å². The molecule has 1 aromatic carbocycles. The first kappa shape index (κ1) is 28.0. The second kappa shape index (κ2) is 15.4. The van der Waals surface area contributed by atoms with Gasteiger partial charge in [0.15, 0.2) is 0 Å². The van der Waals surface area contributed by atoms with E-state index >= 15 is 0 Å². The smallest absolute Gasteiger partial charge is 0.251 e. The van der Waals surface area contributed by atoms with E-state index in [9.17, 15) is 4.79 Å². The Bertz CT molecular complexity index is 979. The fourth-order valence-electron chi connectivity index (χ4n) is 4.82. The number of hydrogen-bond donors (Lipinski definition) is 5. The molecule has 2 fully saturated rings. The molecule has 0 saturated heterocycles. The quantitative estimate of drug-likeness (QED) is 0.219. The number of hydrogen-bond acceptors (Lipinski definition) is 10. The molecule has 6 N–H and O–H groups in total. The second-order valence-corrected chi connectivity index (χ2v) is 9.88. The Morgan fingerprint density at radius 3 is 1.92 bits per heavy atom. The Kier molecular flexibility index (Phi) is 11.4. The summed E-state index contributed by atoms with van der Waals surface area (Å²) in [5, 5.41) is 13.2. The highest BCUT2D eigenvalue weighted by Crippen LogP contribution is 2.24. The van der Waals surface area contributed by atoms with Crippen LogP contribution in [-0.2, 0) is 9.47 Å². The maximum atomic E-state index is 12.5. The zero-order chi connectivity index (χ0) is 26.4. The number of carbonyl (C=O) groups is 1. The molecule has 11 heteroatoms. The van der Waals surface area contributed by atoms with E-state index in [4.69, 9.17) is 15.2 Å². The number of benzene rings is 1. The molecule has 0 radical (unpaired) electrons. The molecule has 2 aromatic rings. The van der Waals surface area contributed by atoms with Crippen molar-refractivity contribution in [1.29, 1.82) is 0 Å². The van der Waals surface area contributed by atoms with E-state index < -0.39 is 0 Å². The average molecular weight is 527 g/mol. The number of nitrogens with two attached hydrogens (primary N) is 1. The number of aromatic nitrogens is 3. The van der Waals surface area contributed by atoms with Crippen LogP contribution in [0.1, 0.15) is 68.1 Å². The average Bonchev–Trinajstić information content (AvgIpc) is 3.44. The third-order valence-electron chi connectivity index (χ3n) is 6.83. The predicted octanol–water partition coefficient (Wildman–Crippen LogP) is 3.44. The van der Waals surface area contributed by atoms with Crippen LogP contribution in [-0.4, -0.2) is 72.5 Å². The Hall–Kier alpha value is -3.02. The van der Waals surface area contributed by atoms with Gasteiger partial charge in [-0.05, 0) is 49.9 Å². The monoisotopic (exact) mass is 526 g/mol. The minimum atomic E-state index is -0.151. The van der Waals surface area contributed by atoms with Gasteiger partial charge >= 0.3 is 0 Å². The first-order chi connectivity index (χ1) is 18.7. The van der Waals surface area contributed by atoms with Gasteiger partial charge in [-0.2, -0.15) is 15.0 Å². The van der Waals surface area contributed by atoms with Gasteiger partial charge in [-0.25, -0.2) is 0 Å². The Morgan fingerprint density at radius 2 is 1.32 bits per heavy atom. The highest BCUT2D eigenvalue weighted by molar-refractivity contribution is 5.94. The molecule has 2 aliphatic rings. The van der Waals surface area contributed by atoms with Gasteiger partial charge in [0.25, 0.3) is 5.91 Å². The van der Waals surface area contributed by atoms with Crippen molar-refractivity contribution in [2.45, 2.75) is 69.9 Å². The van der Waals surface area contributed by atoms with Gasteiger partial charge < -0.3 is 36.5 Å². The molecule has 0 atom stereocenters. The molecular weight excluding hydrogens is 484 g/mol. The van der Waals surface area contributed by atoms with Crippen LogP contribution in [0.4, 0.5) is 23.5 Å². The van der Waals surface area contributed by atoms with Crippen molar-refractivity contribution in [2.24, 2.45) is 5.73 Å². The van der Waals surface area contributed by atoms with E-state index in [2.05, 4.69) is 36.2 Å². The van der Waals surface area contributed by atoms with Crippen molar-refractivity contribution in [3.05, 3.63) is 29.8 Å². The molecule has 38 heavy (non-hydrogen) atoms. The molecule has 2 saturated carbocycles. The van der Waals surface area contributed by atoms with Crippen molar-refractivity contribution < 1.29 is 14.3 Å². The zero-order valence-electron chi connectivity index (χ0n) is 22.2. The first-order valence-corrected chi connectivity index (χ1v) is 14.0. The lowest BCUT2D eigenvalue weighted by Gasteiger charge is -2.23. The lowest BCUT2D eigenvalue weighted by Crippen LogP contribution is -2.27. The maximum Gasteiger partial charge on any atom is 0.251 e. The van der Waals surface area contributed by atoms with E-state index in [-0.39, 0.29) is 5.91 Å². The van der Waals surface area contributed by atoms with Gasteiger partial charge in [0.1, 0.15) is 0 Å². The van der Waals surface area contributed by atoms with Crippen LogP contribution >= 0.6 is 0 Å². The standard InChI is InChI=1S/C27H42N8O3/c28-14-16-37-18-19-38-17-15-29-24(36)20-10-12-23(13-11-20)32-27-34-25(30-21-6-2-1-3-7-21)33-26(35-27)31-22-8-4-5-9-22/h10-13,21-22H,1-9,14-19,28H2,(H,29,36)(H3,30,31,32,33,34,35). The molecule has 0 unspecified atom stereocenters. The van der Waals surface area contributed by atoms with Crippen molar-refractivity contribution in [3.63, 3.8) is 0 Å². The number of rotatable bonds is 15. The van der Waals surface area contributed by atoms with Crippen LogP contribution in [0.15, 0.2) is 24.3 Å². The summed E-state index contributed by atoms with van der Waals surface area (Å²) in [6.45, 7) is 2.84. The minimum absolute atomic E-state index is 0.151. The van der Waals surface area contributed by atoms with Crippen LogP contribution in [0.25, 0.3) is 0 Å². The summed E-state index contributed by atoms with van der Waals surface area (Å²) >= 11 is 0. The third kappa shape index (κ3) is 9.38. The number of ether oxygens (including phenoxy) is 2. The van der Waals surface area contributed by atoms with Gasteiger partial charge in [-0.15, -0.1) is 0 Å². The molecule has 1 amide bonds. The summed E-state index contributed by atoms with van der Waals surface area (Å²) in [6.07, 6.45) is 10.8. The molecule has 1 heterocycles. The summed E-state index contributed by atoms with van der Waals surface area (Å²) in [7, 11) is 0. The summed E-state index contributed by atoms with van der Waals surface area (Å²) < 4.78 is 10.7.